The minimum atomic E-state index is -0.802. The standard InChI is InChI=1S/C6H12NO4/c1-2-6(11)7(3-8,4-9)5-10/h2,8-10H,1,3-5H2/q+1. The number of rotatable bonds is 4. The van der Waals surface area contributed by atoms with Crippen molar-refractivity contribution in [3.8, 4) is 0 Å². The molecule has 0 saturated carbocycles. The highest BCUT2D eigenvalue weighted by Crippen LogP contribution is 2.03. The van der Waals surface area contributed by atoms with Crippen molar-refractivity contribution in [1.29, 1.82) is 0 Å². The molecular weight excluding hydrogens is 150 g/mol. The van der Waals surface area contributed by atoms with Crippen LogP contribution in [0.15, 0.2) is 12.7 Å². The fraction of sp³-hybridized carbons (Fsp3) is 0.500. The van der Waals surface area contributed by atoms with Gasteiger partial charge in [-0.25, -0.2) is 4.79 Å². The average molecular weight is 162 g/mol. The minimum Gasteiger partial charge on any atom is -0.347 e. The second kappa shape index (κ2) is 4.20. The van der Waals surface area contributed by atoms with Crippen LogP contribution >= 0.6 is 0 Å². The zero-order valence-corrected chi connectivity index (χ0v) is 6.10. The third-order valence-electron chi connectivity index (χ3n) is 1.45. The van der Waals surface area contributed by atoms with Gasteiger partial charge in [0.15, 0.2) is 20.2 Å². The minimum absolute atomic E-state index is 0.613. The molecule has 0 aromatic rings. The fourth-order valence-corrected chi connectivity index (χ4v) is 0.537. The summed E-state index contributed by atoms with van der Waals surface area (Å²) in [6, 6.07) is 0. The van der Waals surface area contributed by atoms with Crippen molar-refractivity contribution >= 4 is 5.91 Å². The van der Waals surface area contributed by atoms with E-state index in [0.717, 1.165) is 6.08 Å². The van der Waals surface area contributed by atoms with E-state index in [-0.39, 0.29) is 0 Å². The number of hydrogen-bond donors (Lipinski definition) is 3. The molecule has 0 aromatic heterocycles. The first-order valence-corrected chi connectivity index (χ1v) is 3.02. The monoisotopic (exact) mass is 162 g/mol. The number of hydrogen-bond acceptors (Lipinski definition) is 4. The number of carbonyl (C=O) groups is 1. The van der Waals surface area contributed by atoms with Gasteiger partial charge in [0.2, 0.25) is 0 Å². The van der Waals surface area contributed by atoms with Crippen molar-refractivity contribution < 1.29 is 24.6 Å². The maximum atomic E-state index is 10.9. The first-order chi connectivity index (χ1) is 5.16. The Kier molecular flexibility index (Phi) is 3.91. The maximum absolute atomic E-state index is 10.9. The highest BCUT2D eigenvalue weighted by atomic mass is 16.4. The highest BCUT2D eigenvalue weighted by Gasteiger charge is 2.31. The normalized spacial score (nSPS) is 11.2. The van der Waals surface area contributed by atoms with E-state index in [0.29, 0.717) is 0 Å². The molecule has 0 atom stereocenters. The molecule has 3 N–H and O–H groups in total. The third kappa shape index (κ3) is 1.84. The molecule has 5 nitrogen and oxygen atoms in total. The number of carbonyl (C=O) groups excluding carboxylic acids is 1. The molecule has 0 aliphatic heterocycles. The van der Waals surface area contributed by atoms with E-state index in [1.165, 1.54) is 0 Å². The lowest BCUT2D eigenvalue weighted by molar-refractivity contribution is -0.906. The lowest BCUT2D eigenvalue weighted by Gasteiger charge is -2.27. The molecule has 0 unspecified atom stereocenters. The van der Waals surface area contributed by atoms with Crippen molar-refractivity contribution in [2.75, 3.05) is 20.2 Å². The number of aliphatic hydroxyl groups excluding tert-OH is 3. The molecule has 5 heteroatoms. The summed E-state index contributed by atoms with van der Waals surface area (Å²) < 4.78 is -0.802. The van der Waals surface area contributed by atoms with Gasteiger partial charge in [-0.1, -0.05) is 6.58 Å². The summed E-state index contributed by atoms with van der Waals surface area (Å²) in [4.78, 5) is 10.9. The van der Waals surface area contributed by atoms with Crippen LogP contribution in [0.3, 0.4) is 0 Å². The van der Waals surface area contributed by atoms with Crippen molar-refractivity contribution in [3.05, 3.63) is 12.7 Å². The summed E-state index contributed by atoms with van der Waals surface area (Å²) in [7, 11) is 0. The Bertz CT molecular complexity index is 144. The molecule has 11 heavy (non-hydrogen) atoms. The third-order valence-corrected chi connectivity index (χ3v) is 1.45. The lowest BCUT2D eigenvalue weighted by Crippen LogP contribution is -2.53. The Morgan fingerprint density at radius 3 is 1.73 bits per heavy atom. The zero-order valence-electron chi connectivity index (χ0n) is 6.10. The van der Waals surface area contributed by atoms with Crippen molar-refractivity contribution in [1.82, 2.24) is 0 Å². The smallest absolute Gasteiger partial charge is 0.343 e. The average Bonchev–Trinajstić information content (AvgIpc) is 2.08. The first kappa shape index (κ1) is 10.2. The van der Waals surface area contributed by atoms with Crippen LogP contribution < -0.4 is 0 Å². The van der Waals surface area contributed by atoms with Gasteiger partial charge in [-0.3, -0.25) is 0 Å². The molecule has 0 bridgehead atoms. The molecule has 0 rings (SSSR count). The fourth-order valence-electron chi connectivity index (χ4n) is 0.537. The largest absolute Gasteiger partial charge is 0.347 e. The number of amides is 1. The van der Waals surface area contributed by atoms with Crippen LogP contribution in [0.1, 0.15) is 0 Å². The summed E-state index contributed by atoms with van der Waals surface area (Å²) in [5.74, 6) is -0.613. The highest BCUT2D eigenvalue weighted by molar-refractivity contribution is 5.80. The Morgan fingerprint density at radius 1 is 1.27 bits per heavy atom. The maximum Gasteiger partial charge on any atom is 0.343 e. The van der Waals surface area contributed by atoms with Gasteiger partial charge in [0.25, 0.3) is 0 Å². The van der Waals surface area contributed by atoms with Crippen LogP contribution in [-0.2, 0) is 4.79 Å². The van der Waals surface area contributed by atoms with Crippen LogP contribution in [0.5, 0.6) is 0 Å². The molecule has 0 aromatic carbocycles. The zero-order chi connectivity index (χ0) is 8.91. The van der Waals surface area contributed by atoms with Crippen LogP contribution in [-0.4, -0.2) is 45.9 Å². The van der Waals surface area contributed by atoms with Gasteiger partial charge >= 0.3 is 5.91 Å². The number of nitrogens with zero attached hydrogens (tertiary/aromatic N) is 1. The van der Waals surface area contributed by atoms with Crippen LogP contribution in [0.2, 0.25) is 0 Å². The van der Waals surface area contributed by atoms with E-state index in [1.54, 1.807) is 0 Å². The van der Waals surface area contributed by atoms with Gasteiger partial charge < -0.3 is 15.3 Å². The predicted octanol–water partition coefficient (Wildman–Crippen LogP) is -1.63. The van der Waals surface area contributed by atoms with E-state index >= 15 is 0 Å². The summed E-state index contributed by atoms with van der Waals surface area (Å²) in [5.41, 5.74) is 0. The Morgan fingerprint density at radius 2 is 1.64 bits per heavy atom. The summed E-state index contributed by atoms with van der Waals surface area (Å²) in [6.45, 7) is 1.25. The Labute approximate surface area is 64.4 Å². The molecule has 0 radical (unpaired) electrons. The van der Waals surface area contributed by atoms with Gasteiger partial charge in [0.05, 0.1) is 0 Å². The van der Waals surface area contributed by atoms with Crippen LogP contribution in [0.25, 0.3) is 0 Å². The molecule has 0 heterocycles. The van der Waals surface area contributed by atoms with E-state index in [4.69, 9.17) is 15.3 Å². The molecule has 0 aliphatic carbocycles. The second-order valence-electron chi connectivity index (χ2n) is 2.11. The van der Waals surface area contributed by atoms with E-state index in [1.807, 2.05) is 0 Å². The van der Waals surface area contributed by atoms with Crippen molar-refractivity contribution in [2.45, 2.75) is 0 Å². The van der Waals surface area contributed by atoms with Crippen molar-refractivity contribution in [2.24, 2.45) is 0 Å². The summed E-state index contributed by atoms with van der Waals surface area (Å²) in [6.07, 6.45) is 0.947. The van der Waals surface area contributed by atoms with Crippen LogP contribution in [0, 0.1) is 0 Å². The number of quaternary nitrogens is 1. The van der Waals surface area contributed by atoms with Crippen LogP contribution in [0.4, 0.5) is 0 Å². The Hall–Kier alpha value is -0.750. The van der Waals surface area contributed by atoms with Gasteiger partial charge in [0, 0.05) is 6.08 Å². The predicted molar refractivity (Wildman–Crippen MR) is 36.7 cm³/mol. The quantitative estimate of drug-likeness (QED) is 0.263. The van der Waals surface area contributed by atoms with Gasteiger partial charge in [-0.05, 0) is 0 Å². The molecule has 64 valence electrons. The molecule has 0 aliphatic rings. The second-order valence-corrected chi connectivity index (χ2v) is 2.11. The topological polar surface area (TPSA) is 77.8 Å². The molecular formula is C6H12NO4+. The summed E-state index contributed by atoms with van der Waals surface area (Å²) >= 11 is 0. The lowest BCUT2D eigenvalue weighted by atomic mass is 10.4. The molecule has 1 amide bonds. The van der Waals surface area contributed by atoms with E-state index in [2.05, 4.69) is 6.58 Å². The SMILES string of the molecule is C=CC(=O)[N+](CO)(CO)CO. The molecule has 0 saturated heterocycles. The van der Waals surface area contributed by atoms with E-state index in [9.17, 15) is 4.79 Å². The molecule has 0 spiro atoms. The number of aliphatic hydroxyl groups is 3. The first-order valence-electron chi connectivity index (χ1n) is 3.02. The van der Waals surface area contributed by atoms with Gasteiger partial charge in [-0.15, -0.1) is 0 Å². The van der Waals surface area contributed by atoms with Gasteiger partial charge in [-0.2, -0.15) is 4.48 Å². The molecule has 0 fully saturated rings. The summed E-state index contributed by atoms with van der Waals surface area (Å²) in [5, 5.41) is 26.0. The van der Waals surface area contributed by atoms with Crippen molar-refractivity contribution in [3.63, 3.8) is 0 Å². The van der Waals surface area contributed by atoms with E-state index < -0.39 is 30.6 Å². The van der Waals surface area contributed by atoms with Gasteiger partial charge in [0.1, 0.15) is 0 Å². The Balaban J connectivity index is 4.52.